The first-order valence-electron chi connectivity index (χ1n) is 9.20. The van der Waals surface area contributed by atoms with E-state index < -0.39 is 0 Å². The number of dihydropyridines is 1. The summed E-state index contributed by atoms with van der Waals surface area (Å²) in [6, 6.07) is 7.08. The van der Waals surface area contributed by atoms with Gasteiger partial charge in [-0.1, -0.05) is 0 Å². The van der Waals surface area contributed by atoms with Gasteiger partial charge in [0.25, 0.3) is 0 Å². The number of halogens is 1. The molecule has 0 bridgehead atoms. The lowest BCUT2D eigenvalue weighted by atomic mass is 9.97. The van der Waals surface area contributed by atoms with Crippen LogP contribution in [-0.4, -0.2) is 54.0 Å². The van der Waals surface area contributed by atoms with Crippen LogP contribution in [0.3, 0.4) is 0 Å². The predicted molar refractivity (Wildman–Crippen MR) is 104 cm³/mol. The molecule has 0 spiro atoms. The molecule has 2 aliphatic rings. The number of likely N-dealkylation sites (N-methyl/N-ethyl adjacent to an activating group) is 1. The Labute approximate surface area is 153 Å². The number of nitrogens with one attached hydrogen (secondary N) is 2. The fraction of sp³-hybridized carbons (Fsp3) is 0.400. The van der Waals surface area contributed by atoms with Gasteiger partial charge in [-0.2, -0.15) is 5.10 Å². The zero-order valence-corrected chi connectivity index (χ0v) is 15.0. The highest BCUT2D eigenvalue weighted by Crippen LogP contribution is 2.35. The summed E-state index contributed by atoms with van der Waals surface area (Å²) in [7, 11) is 2.18. The Balaban J connectivity index is 1.66. The minimum Gasteiger partial charge on any atom is -0.367 e. The van der Waals surface area contributed by atoms with Gasteiger partial charge in [-0.25, -0.2) is 4.39 Å². The van der Waals surface area contributed by atoms with Crippen molar-refractivity contribution < 1.29 is 4.39 Å². The summed E-state index contributed by atoms with van der Waals surface area (Å²) in [6.45, 7) is 2.81. The molecule has 3 heterocycles. The van der Waals surface area contributed by atoms with Crippen molar-refractivity contribution in [2.24, 2.45) is 4.99 Å². The van der Waals surface area contributed by atoms with E-state index >= 15 is 0 Å². The summed E-state index contributed by atoms with van der Waals surface area (Å²) in [5, 5.41) is 11.2. The van der Waals surface area contributed by atoms with Gasteiger partial charge in [-0.05, 0) is 68.8 Å². The lowest BCUT2D eigenvalue weighted by molar-refractivity contribution is 0.322. The van der Waals surface area contributed by atoms with Crippen LogP contribution in [0.15, 0.2) is 35.3 Å². The van der Waals surface area contributed by atoms with Crippen molar-refractivity contribution in [1.82, 2.24) is 15.1 Å². The Morgan fingerprint density at radius 3 is 2.85 bits per heavy atom. The number of aromatic nitrogens is 2. The van der Waals surface area contributed by atoms with Crippen LogP contribution in [0.4, 0.5) is 10.2 Å². The fourth-order valence-corrected chi connectivity index (χ4v) is 3.75. The van der Waals surface area contributed by atoms with E-state index in [2.05, 4.69) is 32.5 Å². The monoisotopic (exact) mass is 353 g/mol. The van der Waals surface area contributed by atoms with Crippen LogP contribution in [0.5, 0.6) is 0 Å². The van der Waals surface area contributed by atoms with E-state index in [-0.39, 0.29) is 5.82 Å². The van der Waals surface area contributed by atoms with E-state index in [0.717, 1.165) is 48.7 Å². The molecular formula is C20H24FN5. The average molecular weight is 353 g/mol. The molecule has 0 amide bonds. The summed E-state index contributed by atoms with van der Waals surface area (Å²) in [6.07, 6.45) is 7.24. The Hall–Kier alpha value is -2.47. The van der Waals surface area contributed by atoms with E-state index in [1.807, 2.05) is 12.3 Å². The molecule has 1 aromatic carbocycles. The molecule has 0 radical (unpaired) electrons. The molecule has 1 saturated heterocycles. The van der Waals surface area contributed by atoms with E-state index in [4.69, 9.17) is 0 Å². The molecule has 5 nitrogen and oxygen atoms in total. The van der Waals surface area contributed by atoms with Gasteiger partial charge in [0.15, 0.2) is 5.82 Å². The van der Waals surface area contributed by atoms with E-state index in [9.17, 15) is 4.39 Å². The number of benzene rings is 1. The molecule has 2 aliphatic heterocycles. The molecule has 1 aromatic heterocycles. The predicted octanol–water partition coefficient (Wildman–Crippen LogP) is 3.58. The number of nitrogens with zero attached hydrogens (tertiary/aromatic N) is 3. The minimum absolute atomic E-state index is 0.235. The molecule has 6 heteroatoms. The SMILES string of the molecule is CN1CCCC1CNc1n[nH]c(-c2ccc(F)cc2)c1C1=CC=NCC1. The van der Waals surface area contributed by atoms with Crippen LogP contribution in [0.1, 0.15) is 24.8 Å². The molecule has 0 saturated carbocycles. The van der Waals surface area contributed by atoms with Crippen molar-refractivity contribution >= 4 is 17.6 Å². The Morgan fingerprint density at radius 2 is 2.15 bits per heavy atom. The molecule has 26 heavy (non-hydrogen) atoms. The molecule has 0 aliphatic carbocycles. The molecule has 1 atom stereocenters. The van der Waals surface area contributed by atoms with Crippen LogP contribution in [0.25, 0.3) is 16.8 Å². The first-order chi connectivity index (χ1) is 12.7. The second-order valence-electron chi connectivity index (χ2n) is 6.98. The Kier molecular flexibility index (Phi) is 4.84. The second-order valence-corrected chi connectivity index (χ2v) is 6.98. The lowest BCUT2D eigenvalue weighted by Gasteiger charge is -2.20. The standard InChI is InChI=1S/C20H24FN5/c1-26-12-2-3-17(26)13-23-20-18(14-8-10-22-11-9-14)19(24-25-20)15-4-6-16(21)7-5-15/h4-8,10,17H,2-3,9,11-13H2,1H3,(H2,23,24,25). The highest BCUT2D eigenvalue weighted by Gasteiger charge is 2.23. The smallest absolute Gasteiger partial charge is 0.156 e. The highest BCUT2D eigenvalue weighted by molar-refractivity contribution is 5.93. The maximum Gasteiger partial charge on any atom is 0.156 e. The van der Waals surface area contributed by atoms with Crippen LogP contribution in [-0.2, 0) is 0 Å². The minimum atomic E-state index is -0.235. The molecular weight excluding hydrogens is 329 g/mol. The van der Waals surface area contributed by atoms with Crippen molar-refractivity contribution in [2.75, 3.05) is 32.0 Å². The zero-order chi connectivity index (χ0) is 17.9. The van der Waals surface area contributed by atoms with Crippen molar-refractivity contribution in [1.29, 1.82) is 0 Å². The van der Waals surface area contributed by atoms with Gasteiger partial charge in [-0.15, -0.1) is 0 Å². The summed E-state index contributed by atoms with van der Waals surface area (Å²) >= 11 is 0. The maximum absolute atomic E-state index is 13.3. The Morgan fingerprint density at radius 1 is 1.31 bits per heavy atom. The third kappa shape index (κ3) is 3.42. The van der Waals surface area contributed by atoms with Gasteiger partial charge < -0.3 is 10.2 Å². The largest absolute Gasteiger partial charge is 0.367 e. The molecule has 1 fully saturated rings. The second kappa shape index (κ2) is 7.41. The van der Waals surface area contributed by atoms with Crippen molar-refractivity contribution in [2.45, 2.75) is 25.3 Å². The Bertz CT molecular complexity index is 821. The van der Waals surface area contributed by atoms with Crippen molar-refractivity contribution in [3.63, 3.8) is 0 Å². The van der Waals surface area contributed by atoms with Crippen LogP contribution in [0.2, 0.25) is 0 Å². The van der Waals surface area contributed by atoms with Crippen molar-refractivity contribution in [3.8, 4) is 11.3 Å². The fourth-order valence-electron chi connectivity index (χ4n) is 3.75. The number of anilines is 1. The average Bonchev–Trinajstić information content (AvgIpc) is 3.27. The number of rotatable bonds is 5. The molecule has 136 valence electrons. The first-order valence-corrected chi connectivity index (χ1v) is 9.20. The first kappa shape index (κ1) is 17.0. The number of aromatic amines is 1. The third-order valence-electron chi connectivity index (χ3n) is 5.29. The molecule has 1 unspecified atom stereocenters. The zero-order valence-electron chi connectivity index (χ0n) is 15.0. The highest BCUT2D eigenvalue weighted by atomic mass is 19.1. The quantitative estimate of drug-likeness (QED) is 0.864. The molecule has 2 N–H and O–H groups in total. The van der Waals surface area contributed by atoms with Gasteiger partial charge >= 0.3 is 0 Å². The lowest BCUT2D eigenvalue weighted by Crippen LogP contribution is -2.31. The molecule has 2 aromatic rings. The van der Waals surface area contributed by atoms with Gasteiger partial charge in [0.05, 0.1) is 5.69 Å². The summed E-state index contributed by atoms with van der Waals surface area (Å²) in [5.74, 6) is 0.632. The number of H-pyrrole nitrogens is 1. The summed E-state index contributed by atoms with van der Waals surface area (Å²) < 4.78 is 13.3. The normalized spacial score (nSPS) is 20.4. The number of hydrogen-bond acceptors (Lipinski definition) is 4. The number of aliphatic imine (C=N–C) groups is 1. The van der Waals surface area contributed by atoms with Crippen LogP contribution >= 0.6 is 0 Å². The van der Waals surface area contributed by atoms with Gasteiger partial charge in [0.2, 0.25) is 0 Å². The van der Waals surface area contributed by atoms with E-state index in [0.29, 0.717) is 6.04 Å². The third-order valence-corrected chi connectivity index (χ3v) is 5.29. The van der Waals surface area contributed by atoms with Gasteiger partial charge in [0, 0.05) is 36.5 Å². The number of hydrogen-bond donors (Lipinski definition) is 2. The summed E-state index contributed by atoms with van der Waals surface area (Å²) in [5.41, 5.74) is 4.14. The molecule has 4 rings (SSSR count). The number of allylic oxidation sites excluding steroid dienone is 1. The van der Waals surface area contributed by atoms with Gasteiger partial charge in [-0.3, -0.25) is 10.1 Å². The number of likely N-dealkylation sites (tertiary alicyclic amines) is 1. The van der Waals surface area contributed by atoms with E-state index in [1.165, 1.54) is 30.5 Å². The van der Waals surface area contributed by atoms with Crippen molar-refractivity contribution in [3.05, 3.63) is 41.7 Å². The van der Waals surface area contributed by atoms with Gasteiger partial charge in [0.1, 0.15) is 5.82 Å². The maximum atomic E-state index is 13.3. The van der Waals surface area contributed by atoms with E-state index in [1.54, 1.807) is 12.1 Å². The van der Waals surface area contributed by atoms with Crippen LogP contribution < -0.4 is 5.32 Å². The summed E-state index contributed by atoms with van der Waals surface area (Å²) in [4.78, 5) is 6.69. The topological polar surface area (TPSA) is 56.3 Å². The van der Waals surface area contributed by atoms with Crippen LogP contribution in [0, 0.1) is 5.82 Å².